The van der Waals surface area contributed by atoms with Gasteiger partial charge in [0.2, 0.25) is 0 Å². The summed E-state index contributed by atoms with van der Waals surface area (Å²) >= 11 is 2.38. The molecule has 2 heteroatoms. The van der Waals surface area contributed by atoms with Gasteiger partial charge in [-0.1, -0.05) is 29.5 Å². The Morgan fingerprint density at radius 3 is 2.75 bits per heavy atom. The van der Waals surface area contributed by atoms with E-state index in [0.29, 0.717) is 6.10 Å². The van der Waals surface area contributed by atoms with E-state index < -0.39 is 0 Å². The molecule has 0 spiro atoms. The molecule has 0 N–H and O–H groups in total. The van der Waals surface area contributed by atoms with Gasteiger partial charge in [-0.25, -0.2) is 0 Å². The van der Waals surface area contributed by atoms with Crippen LogP contribution in [0.15, 0.2) is 0 Å². The van der Waals surface area contributed by atoms with Crippen LogP contribution < -0.4 is 0 Å². The van der Waals surface area contributed by atoms with Crippen molar-refractivity contribution < 1.29 is 4.74 Å². The van der Waals surface area contributed by atoms with Gasteiger partial charge in [0, 0.05) is 11.0 Å². The van der Waals surface area contributed by atoms with E-state index >= 15 is 0 Å². The van der Waals surface area contributed by atoms with Gasteiger partial charge in [0.1, 0.15) is 0 Å². The van der Waals surface area contributed by atoms with Gasteiger partial charge in [-0.2, -0.15) is 0 Å². The predicted molar refractivity (Wildman–Crippen MR) is 42.4 cm³/mol. The molecule has 0 aliphatic carbocycles. The Hall–Kier alpha value is 0.690. The van der Waals surface area contributed by atoms with Gasteiger partial charge in [0.15, 0.2) is 0 Å². The zero-order chi connectivity index (χ0) is 5.98. The van der Waals surface area contributed by atoms with Gasteiger partial charge in [-0.05, 0) is 12.3 Å². The fourth-order valence-corrected chi connectivity index (χ4v) is 2.07. The number of halogens is 1. The molecule has 1 aliphatic rings. The summed E-state index contributed by atoms with van der Waals surface area (Å²) in [4.78, 5) is 0. The molecule has 0 radical (unpaired) electrons. The SMILES string of the molecule is C[C@H]1CCO[C@@H]1CI. The molecular formula is C6H11IO. The van der Waals surface area contributed by atoms with Crippen LogP contribution in [0, 0.1) is 5.92 Å². The van der Waals surface area contributed by atoms with Gasteiger partial charge >= 0.3 is 0 Å². The largest absolute Gasteiger partial charge is 0.377 e. The first-order valence-corrected chi connectivity index (χ1v) is 4.54. The van der Waals surface area contributed by atoms with Crippen LogP contribution in [0.5, 0.6) is 0 Å². The molecule has 1 saturated heterocycles. The summed E-state index contributed by atoms with van der Waals surface area (Å²) in [5, 5.41) is 0. The Balaban J connectivity index is 2.30. The average Bonchev–Trinajstić information content (AvgIpc) is 2.14. The zero-order valence-electron chi connectivity index (χ0n) is 5.06. The lowest BCUT2D eigenvalue weighted by Gasteiger charge is -2.08. The maximum atomic E-state index is 5.41. The third-order valence-electron chi connectivity index (χ3n) is 1.69. The lowest BCUT2D eigenvalue weighted by molar-refractivity contribution is 0.115. The van der Waals surface area contributed by atoms with Crippen molar-refractivity contribution >= 4 is 22.6 Å². The molecular weight excluding hydrogens is 215 g/mol. The fourth-order valence-electron chi connectivity index (χ4n) is 0.952. The molecule has 0 aromatic carbocycles. The van der Waals surface area contributed by atoms with E-state index in [1.54, 1.807) is 0 Å². The molecule has 2 atom stereocenters. The molecule has 1 rings (SSSR count). The monoisotopic (exact) mass is 226 g/mol. The van der Waals surface area contributed by atoms with Gasteiger partial charge in [-0.3, -0.25) is 0 Å². The first-order valence-electron chi connectivity index (χ1n) is 3.02. The second kappa shape index (κ2) is 3.01. The summed E-state index contributed by atoms with van der Waals surface area (Å²) in [6.45, 7) is 3.24. The maximum Gasteiger partial charge on any atom is 0.0690 e. The van der Waals surface area contributed by atoms with Gasteiger partial charge in [0.25, 0.3) is 0 Å². The Bertz CT molecular complexity index is 74.9. The molecule has 0 unspecified atom stereocenters. The van der Waals surface area contributed by atoms with Crippen LogP contribution in [0.1, 0.15) is 13.3 Å². The smallest absolute Gasteiger partial charge is 0.0690 e. The van der Waals surface area contributed by atoms with Crippen molar-refractivity contribution in [1.29, 1.82) is 0 Å². The van der Waals surface area contributed by atoms with Crippen molar-refractivity contribution in [3.8, 4) is 0 Å². The van der Waals surface area contributed by atoms with Crippen molar-refractivity contribution in [3.05, 3.63) is 0 Å². The molecule has 1 heterocycles. The highest BCUT2D eigenvalue weighted by Crippen LogP contribution is 2.21. The molecule has 0 aromatic heterocycles. The number of rotatable bonds is 1. The summed E-state index contributed by atoms with van der Waals surface area (Å²) < 4.78 is 6.56. The zero-order valence-corrected chi connectivity index (χ0v) is 7.22. The minimum atomic E-state index is 0.551. The van der Waals surface area contributed by atoms with Crippen LogP contribution in [0.2, 0.25) is 0 Å². The van der Waals surface area contributed by atoms with E-state index in [2.05, 4.69) is 29.5 Å². The lowest BCUT2D eigenvalue weighted by atomic mass is 10.1. The molecule has 0 aromatic rings. The van der Waals surface area contributed by atoms with Crippen LogP contribution in [0.4, 0.5) is 0 Å². The first-order chi connectivity index (χ1) is 3.84. The van der Waals surface area contributed by atoms with E-state index in [4.69, 9.17) is 4.74 Å². The van der Waals surface area contributed by atoms with Crippen molar-refractivity contribution in [2.75, 3.05) is 11.0 Å². The molecule has 1 aliphatic heterocycles. The first kappa shape index (κ1) is 6.81. The quantitative estimate of drug-likeness (QED) is 0.489. The summed E-state index contributed by atoms with van der Waals surface area (Å²) in [7, 11) is 0. The lowest BCUT2D eigenvalue weighted by Crippen LogP contribution is -2.13. The van der Waals surface area contributed by atoms with Crippen molar-refractivity contribution in [1.82, 2.24) is 0 Å². The number of alkyl halides is 1. The number of hydrogen-bond donors (Lipinski definition) is 0. The van der Waals surface area contributed by atoms with Crippen LogP contribution in [-0.4, -0.2) is 17.1 Å². The molecule has 1 fully saturated rings. The molecule has 48 valence electrons. The van der Waals surface area contributed by atoms with Crippen LogP contribution in [-0.2, 0) is 4.74 Å². The standard InChI is InChI=1S/C6H11IO/c1-5-2-3-8-6(5)4-7/h5-6H,2-4H2,1H3/t5-,6+/m0/s1. The van der Waals surface area contributed by atoms with Gasteiger partial charge < -0.3 is 4.74 Å². The van der Waals surface area contributed by atoms with Crippen molar-refractivity contribution in [3.63, 3.8) is 0 Å². The minimum absolute atomic E-state index is 0.551. The fraction of sp³-hybridized carbons (Fsp3) is 1.00. The highest BCUT2D eigenvalue weighted by atomic mass is 127. The number of hydrogen-bond acceptors (Lipinski definition) is 1. The Kier molecular flexibility index (Phi) is 2.56. The normalized spacial score (nSPS) is 38.2. The summed E-state index contributed by atoms with van der Waals surface area (Å²) in [5.74, 6) is 0.798. The molecule has 0 amide bonds. The summed E-state index contributed by atoms with van der Waals surface area (Å²) in [5.41, 5.74) is 0. The third-order valence-corrected chi connectivity index (χ3v) is 2.56. The summed E-state index contributed by atoms with van der Waals surface area (Å²) in [6.07, 6.45) is 1.81. The van der Waals surface area contributed by atoms with Crippen molar-refractivity contribution in [2.45, 2.75) is 19.4 Å². The molecule has 8 heavy (non-hydrogen) atoms. The molecule has 0 bridgehead atoms. The van der Waals surface area contributed by atoms with Gasteiger partial charge in [0.05, 0.1) is 6.10 Å². The average molecular weight is 226 g/mol. The van der Waals surface area contributed by atoms with Crippen molar-refractivity contribution in [2.24, 2.45) is 5.92 Å². The second-order valence-corrected chi connectivity index (χ2v) is 3.21. The van der Waals surface area contributed by atoms with E-state index in [-0.39, 0.29) is 0 Å². The topological polar surface area (TPSA) is 9.23 Å². The van der Waals surface area contributed by atoms with E-state index in [0.717, 1.165) is 17.0 Å². The Morgan fingerprint density at radius 2 is 2.50 bits per heavy atom. The maximum absolute atomic E-state index is 5.41. The minimum Gasteiger partial charge on any atom is -0.377 e. The second-order valence-electron chi connectivity index (χ2n) is 2.33. The van der Waals surface area contributed by atoms with E-state index in [9.17, 15) is 0 Å². The number of ether oxygens (including phenoxy) is 1. The van der Waals surface area contributed by atoms with Crippen LogP contribution in [0.3, 0.4) is 0 Å². The third kappa shape index (κ3) is 1.35. The van der Waals surface area contributed by atoms with Crippen LogP contribution in [0.25, 0.3) is 0 Å². The van der Waals surface area contributed by atoms with Gasteiger partial charge in [-0.15, -0.1) is 0 Å². The molecule has 0 saturated carbocycles. The highest BCUT2D eigenvalue weighted by Gasteiger charge is 2.22. The Morgan fingerprint density at radius 1 is 1.75 bits per heavy atom. The van der Waals surface area contributed by atoms with E-state index in [1.807, 2.05) is 0 Å². The molecule has 1 nitrogen and oxygen atoms in total. The summed E-state index contributed by atoms with van der Waals surface area (Å²) in [6, 6.07) is 0. The van der Waals surface area contributed by atoms with E-state index in [1.165, 1.54) is 6.42 Å². The predicted octanol–water partition coefficient (Wildman–Crippen LogP) is 1.85. The Labute approximate surface area is 63.9 Å². The highest BCUT2D eigenvalue weighted by molar-refractivity contribution is 14.1. The van der Waals surface area contributed by atoms with Crippen LogP contribution >= 0.6 is 22.6 Å².